The van der Waals surface area contributed by atoms with Crippen molar-refractivity contribution in [3.8, 4) is 5.75 Å². The number of nitrogens with one attached hydrogen (secondary N) is 1. The average Bonchev–Trinajstić information content (AvgIpc) is 2.93. The Hall–Kier alpha value is -3.27. The number of hydrogen-bond donors (Lipinski definition) is 1. The minimum atomic E-state index is -3.68. The van der Waals surface area contributed by atoms with E-state index in [1.807, 2.05) is 49.4 Å². The Labute approximate surface area is 252 Å². The van der Waals surface area contributed by atoms with Gasteiger partial charge in [0.05, 0.1) is 24.1 Å². The largest absolute Gasteiger partial charge is 0.495 e. The van der Waals surface area contributed by atoms with Crippen molar-refractivity contribution < 1.29 is 22.7 Å². The molecule has 0 bridgehead atoms. The Morgan fingerprint density at radius 3 is 2.27 bits per heavy atom. The van der Waals surface area contributed by atoms with Crippen LogP contribution in [0.4, 0.5) is 5.69 Å². The van der Waals surface area contributed by atoms with E-state index in [1.54, 1.807) is 24.3 Å². The van der Waals surface area contributed by atoms with Crippen molar-refractivity contribution in [3.05, 3.63) is 94.0 Å². The quantitative estimate of drug-likeness (QED) is 0.263. The number of ether oxygens (including phenoxy) is 1. The summed E-state index contributed by atoms with van der Waals surface area (Å²) in [6, 6.07) is 20.6. The molecule has 0 heterocycles. The molecular weight excluding hydrogens is 585 g/mol. The highest BCUT2D eigenvalue weighted by atomic mass is 35.5. The van der Waals surface area contributed by atoms with Gasteiger partial charge in [-0.25, -0.2) is 8.42 Å². The van der Waals surface area contributed by atoms with Crippen LogP contribution < -0.4 is 14.4 Å². The molecule has 8 nitrogen and oxygen atoms in total. The molecule has 0 saturated heterocycles. The van der Waals surface area contributed by atoms with Crippen molar-refractivity contribution in [3.63, 3.8) is 0 Å². The summed E-state index contributed by atoms with van der Waals surface area (Å²) in [6.07, 6.45) is 1.62. The van der Waals surface area contributed by atoms with E-state index in [-0.39, 0.29) is 42.8 Å². The van der Waals surface area contributed by atoms with Crippen LogP contribution in [0.2, 0.25) is 10.0 Å². The van der Waals surface area contributed by atoms with Crippen LogP contribution in [0.25, 0.3) is 0 Å². The van der Waals surface area contributed by atoms with E-state index in [1.165, 1.54) is 22.4 Å². The van der Waals surface area contributed by atoms with Crippen LogP contribution in [0, 0.1) is 0 Å². The van der Waals surface area contributed by atoms with Gasteiger partial charge in [0.1, 0.15) is 11.8 Å². The lowest BCUT2D eigenvalue weighted by Crippen LogP contribution is -2.50. The Morgan fingerprint density at radius 1 is 0.976 bits per heavy atom. The molecule has 220 valence electrons. The van der Waals surface area contributed by atoms with Gasteiger partial charge in [-0.3, -0.25) is 13.9 Å². The molecule has 1 atom stereocenters. The van der Waals surface area contributed by atoms with Crippen LogP contribution in [0.3, 0.4) is 0 Å². The third-order valence-corrected chi connectivity index (χ3v) is 8.35. The SMILES string of the molecule is CCNC(=O)[C@@H](Cc1ccccc1)N(Cc1ccccc1Cl)C(=O)CCCN(c1ccc(OC)c(Cl)c1)S(C)(=O)=O. The molecule has 3 aromatic carbocycles. The Morgan fingerprint density at radius 2 is 1.66 bits per heavy atom. The van der Waals surface area contributed by atoms with Gasteiger partial charge >= 0.3 is 0 Å². The maximum Gasteiger partial charge on any atom is 0.243 e. The van der Waals surface area contributed by atoms with Gasteiger partial charge < -0.3 is 15.0 Å². The first-order chi connectivity index (χ1) is 19.5. The van der Waals surface area contributed by atoms with Gasteiger partial charge in [-0.2, -0.15) is 0 Å². The topological polar surface area (TPSA) is 96.0 Å². The van der Waals surface area contributed by atoms with Gasteiger partial charge in [0.25, 0.3) is 0 Å². The fraction of sp³-hybridized carbons (Fsp3) is 0.333. The van der Waals surface area contributed by atoms with Gasteiger partial charge in [-0.05, 0) is 48.7 Å². The van der Waals surface area contributed by atoms with Crippen molar-refractivity contribution in [1.82, 2.24) is 10.2 Å². The number of amides is 2. The second kappa shape index (κ2) is 15.1. The van der Waals surface area contributed by atoms with E-state index in [0.29, 0.717) is 35.0 Å². The molecule has 3 rings (SSSR count). The first kappa shape index (κ1) is 32.2. The van der Waals surface area contributed by atoms with Crippen molar-refractivity contribution in [2.24, 2.45) is 0 Å². The first-order valence-electron chi connectivity index (χ1n) is 13.2. The number of carbonyl (C=O) groups is 2. The van der Waals surface area contributed by atoms with Gasteiger partial charge in [0, 0.05) is 37.5 Å². The normalized spacial score (nSPS) is 11.9. The number of rotatable bonds is 14. The summed E-state index contributed by atoms with van der Waals surface area (Å²) in [5.41, 5.74) is 1.97. The van der Waals surface area contributed by atoms with E-state index in [4.69, 9.17) is 27.9 Å². The number of halogens is 2. The Kier molecular flexibility index (Phi) is 11.9. The van der Waals surface area contributed by atoms with Crippen molar-refractivity contribution in [1.29, 1.82) is 0 Å². The number of hydrogen-bond acceptors (Lipinski definition) is 5. The zero-order valence-electron chi connectivity index (χ0n) is 23.3. The van der Waals surface area contributed by atoms with E-state index < -0.39 is 16.1 Å². The van der Waals surface area contributed by atoms with E-state index in [2.05, 4.69) is 5.32 Å². The molecule has 2 amide bonds. The summed E-state index contributed by atoms with van der Waals surface area (Å²) in [5.74, 6) is -0.148. The number of anilines is 1. The van der Waals surface area contributed by atoms with Gasteiger partial charge in [-0.1, -0.05) is 71.7 Å². The molecule has 1 N–H and O–H groups in total. The first-order valence-corrected chi connectivity index (χ1v) is 15.8. The smallest absolute Gasteiger partial charge is 0.243 e. The maximum atomic E-state index is 13.8. The number of likely N-dealkylation sites (N-methyl/N-ethyl adjacent to an activating group) is 1. The lowest BCUT2D eigenvalue weighted by atomic mass is 10.0. The molecule has 0 aromatic heterocycles. The molecule has 0 aliphatic rings. The maximum absolute atomic E-state index is 13.8. The zero-order chi connectivity index (χ0) is 30.0. The van der Waals surface area contributed by atoms with Crippen molar-refractivity contribution >= 4 is 50.7 Å². The summed E-state index contributed by atoms with van der Waals surface area (Å²) in [4.78, 5) is 28.6. The molecule has 0 aliphatic heterocycles. The summed E-state index contributed by atoms with van der Waals surface area (Å²) in [7, 11) is -2.20. The fourth-order valence-electron chi connectivity index (χ4n) is 4.47. The highest BCUT2D eigenvalue weighted by Gasteiger charge is 2.30. The summed E-state index contributed by atoms with van der Waals surface area (Å²) in [5, 5.41) is 3.61. The number of carbonyl (C=O) groups excluding carboxylic acids is 2. The Balaban J connectivity index is 1.87. The highest BCUT2D eigenvalue weighted by Crippen LogP contribution is 2.30. The number of nitrogens with zero attached hydrogens (tertiary/aromatic N) is 2. The predicted molar refractivity (Wildman–Crippen MR) is 164 cm³/mol. The lowest BCUT2D eigenvalue weighted by Gasteiger charge is -2.32. The van der Waals surface area contributed by atoms with E-state index >= 15 is 0 Å². The predicted octanol–water partition coefficient (Wildman–Crippen LogP) is 5.32. The van der Waals surface area contributed by atoms with Crippen molar-refractivity contribution in [2.45, 2.75) is 38.8 Å². The number of sulfonamides is 1. The standard InChI is InChI=1S/C30H35Cl2N3O5S/c1-4-33-30(37)27(19-22-11-6-5-7-12-22)34(21-23-13-8-9-14-25(23)31)29(36)15-10-18-35(41(3,38)39)24-16-17-28(40-2)26(32)20-24/h5-9,11-14,16-17,20,27H,4,10,15,18-19,21H2,1-3H3,(H,33,37)/t27-/m1/s1. The van der Waals surface area contributed by atoms with Crippen LogP contribution in [-0.4, -0.2) is 57.6 Å². The minimum absolute atomic E-state index is 0.00501. The molecule has 0 saturated carbocycles. The summed E-state index contributed by atoms with van der Waals surface area (Å²) >= 11 is 12.7. The second-order valence-electron chi connectivity index (χ2n) is 9.47. The molecule has 0 fully saturated rings. The van der Waals surface area contributed by atoms with Crippen LogP contribution in [0.1, 0.15) is 30.9 Å². The minimum Gasteiger partial charge on any atom is -0.495 e. The summed E-state index contributed by atoms with van der Waals surface area (Å²) in [6.45, 7) is 2.39. The van der Waals surface area contributed by atoms with Gasteiger partial charge in [0.2, 0.25) is 21.8 Å². The molecule has 41 heavy (non-hydrogen) atoms. The van der Waals surface area contributed by atoms with Crippen LogP contribution >= 0.6 is 23.2 Å². The van der Waals surface area contributed by atoms with Crippen LogP contribution in [0.5, 0.6) is 5.75 Å². The fourth-order valence-corrected chi connectivity index (χ4v) is 5.88. The molecule has 0 radical (unpaired) electrons. The number of methoxy groups -OCH3 is 1. The number of benzene rings is 3. The van der Waals surface area contributed by atoms with E-state index in [9.17, 15) is 18.0 Å². The van der Waals surface area contributed by atoms with E-state index in [0.717, 1.165) is 11.8 Å². The Bertz CT molecular complexity index is 1440. The van der Waals surface area contributed by atoms with Crippen LogP contribution in [-0.2, 0) is 32.6 Å². The van der Waals surface area contributed by atoms with Crippen LogP contribution in [0.15, 0.2) is 72.8 Å². The van der Waals surface area contributed by atoms with Gasteiger partial charge in [-0.15, -0.1) is 0 Å². The molecule has 3 aromatic rings. The molecule has 0 unspecified atom stereocenters. The lowest BCUT2D eigenvalue weighted by molar-refractivity contribution is -0.141. The molecule has 0 aliphatic carbocycles. The third-order valence-electron chi connectivity index (χ3n) is 6.50. The second-order valence-corrected chi connectivity index (χ2v) is 12.2. The molecule has 11 heteroatoms. The highest BCUT2D eigenvalue weighted by molar-refractivity contribution is 7.92. The zero-order valence-corrected chi connectivity index (χ0v) is 25.7. The summed E-state index contributed by atoms with van der Waals surface area (Å²) < 4.78 is 31.7. The monoisotopic (exact) mass is 619 g/mol. The van der Waals surface area contributed by atoms with Gasteiger partial charge in [0.15, 0.2) is 0 Å². The molecular formula is C30H35Cl2N3O5S. The average molecular weight is 621 g/mol. The van der Waals surface area contributed by atoms with Crippen molar-refractivity contribution in [2.75, 3.05) is 30.8 Å². The molecule has 0 spiro atoms. The third kappa shape index (κ3) is 9.11.